The first-order valence-electron chi connectivity index (χ1n) is 3.88. The van der Waals surface area contributed by atoms with Crippen molar-refractivity contribution in [2.75, 3.05) is 0 Å². The van der Waals surface area contributed by atoms with Crippen LogP contribution < -0.4 is 5.73 Å². The van der Waals surface area contributed by atoms with E-state index in [1.807, 2.05) is 6.92 Å². The molecule has 1 rings (SSSR count). The number of aliphatic hydroxyl groups excluding tert-OH is 1. The molecular formula is C7H12N2O3. The van der Waals surface area contributed by atoms with Gasteiger partial charge in [0, 0.05) is 12.3 Å². The van der Waals surface area contributed by atoms with E-state index in [0.717, 1.165) is 0 Å². The van der Waals surface area contributed by atoms with Crippen LogP contribution in [0.2, 0.25) is 0 Å². The van der Waals surface area contributed by atoms with Crippen molar-refractivity contribution in [1.29, 1.82) is 0 Å². The first-order chi connectivity index (χ1) is 5.57. The number of nitrogens with two attached hydrogens (primary N) is 1. The highest BCUT2D eigenvalue weighted by molar-refractivity contribution is 5.96. The van der Waals surface area contributed by atoms with Gasteiger partial charge < -0.3 is 10.8 Å². The van der Waals surface area contributed by atoms with E-state index in [2.05, 4.69) is 0 Å². The summed E-state index contributed by atoms with van der Waals surface area (Å²) in [5.41, 5.74) is 4.90. The van der Waals surface area contributed by atoms with Gasteiger partial charge in [0.05, 0.1) is 0 Å². The Morgan fingerprint density at radius 1 is 1.83 bits per heavy atom. The highest BCUT2D eigenvalue weighted by Crippen LogP contribution is 2.24. The lowest BCUT2D eigenvalue weighted by Gasteiger charge is -2.14. The topological polar surface area (TPSA) is 83.6 Å². The van der Waals surface area contributed by atoms with Crippen LogP contribution in [-0.4, -0.2) is 28.2 Å². The Labute approximate surface area is 70.1 Å². The molecule has 12 heavy (non-hydrogen) atoms. The maximum atomic E-state index is 11.3. The van der Waals surface area contributed by atoms with Gasteiger partial charge in [0.1, 0.15) is 6.23 Å². The molecule has 3 amide bonds. The number of nitrogens with zero attached hydrogens (tertiary/aromatic N) is 1. The molecule has 1 saturated heterocycles. The van der Waals surface area contributed by atoms with Gasteiger partial charge in [-0.05, 0) is 6.42 Å². The minimum atomic E-state index is -1.03. The Hall–Kier alpha value is -1.10. The fraction of sp³-hybridized carbons (Fsp3) is 0.714. The zero-order valence-corrected chi connectivity index (χ0v) is 6.86. The molecule has 0 aromatic carbocycles. The normalized spacial score (nSPS) is 29.5. The predicted molar refractivity (Wildman–Crippen MR) is 40.8 cm³/mol. The van der Waals surface area contributed by atoms with Crippen LogP contribution in [0.4, 0.5) is 4.79 Å². The summed E-state index contributed by atoms with van der Waals surface area (Å²) >= 11 is 0. The Morgan fingerprint density at radius 3 is 2.67 bits per heavy atom. The third-order valence-corrected chi connectivity index (χ3v) is 2.11. The van der Waals surface area contributed by atoms with Crippen LogP contribution in [0, 0.1) is 5.92 Å². The molecule has 0 aliphatic carbocycles. The average Bonchev–Trinajstić information content (AvgIpc) is 2.25. The number of urea groups is 1. The largest absolute Gasteiger partial charge is 0.373 e. The van der Waals surface area contributed by atoms with E-state index in [-0.39, 0.29) is 11.8 Å². The van der Waals surface area contributed by atoms with Gasteiger partial charge in [-0.15, -0.1) is 0 Å². The van der Waals surface area contributed by atoms with E-state index >= 15 is 0 Å². The molecule has 3 N–H and O–H groups in total. The van der Waals surface area contributed by atoms with Crippen molar-refractivity contribution in [2.24, 2.45) is 11.7 Å². The second-order valence-corrected chi connectivity index (χ2v) is 2.87. The van der Waals surface area contributed by atoms with Crippen molar-refractivity contribution >= 4 is 11.9 Å². The number of amides is 3. The van der Waals surface area contributed by atoms with Gasteiger partial charge in [0.15, 0.2) is 0 Å². The molecule has 1 heterocycles. The van der Waals surface area contributed by atoms with Crippen LogP contribution in [0.3, 0.4) is 0 Å². The minimum absolute atomic E-state index is 0.257. The summed E-state index contributed by atoms with van der Waals surface area (Å²) in [5, 5.41) is 9.24. The fourth-order valence-corrected chi connectivity index (χ4v) is 1.40. The van der Waals surface area contributed by atoms with Crippen LogP contribution in [0.15, 0.2) is 0 Å². The Balaban J connectivity index is 2.77. The molecule has 0 bridgehead atoms. The monoisotopic (exact) mass is 172 g/mol. The molecule has 1 fully saturated rings. The van der Waals surface area contributed by atoms with Gasteiger partial charge >= 0.3 is 6.03 Å². The Kier molecular flexibility index (Phi) is 2.32. The summed E-state index contributed by atoms with van der Waals surface area (Å²) in [6.45, 7) is 1.83. The number of imide groups is 1. The lowest BCUT2D eigenvalue weighted by Crippen LogP contribution is -2.42. The molecule has 1 aliphatic rings. The Bertz CT molecular complexity index is 217. The summed E-state index contributed by atoms with van der Waals surface area (Å²) in [5.74, 6) is -0.620. The second-order valence-electron chi connectivity index (χ2n) is 2.87. The molecule has 2 atom stereocenters. The van der Waals surface area contributed by atoms with Crippen LogP contribution >= 0.6 is 0 Å². The van der Waals surface area contributed by atoms with Gasteiger partial charge in [-0.2, -0.15) is 0 Å². The first-order valence-corrected chi connectivity index (χ1v) is 3.88. The maximum Gasteiger partial charge on any atom is 0.323 e. The predicted octanol–water partition coefficient (Wildman–Crippen LogP) is -0.358. The van der Waals surface area contributed by atoms with E-state index in [1.165, 1.54) is 0 Å². The molecule has 5 heteroatoms. The minimum Gasteiger partial charge on any atom is -0.373 e. The van der Waals surface area contributed by atoms with E-state index in [0.29, 0.717) is 17.7 Å². The Morgan fingerprint density at radius 2 is 2.42 bits per heavy atom. The van der Waals surface area contributed by atoms with Gasteiger partial charge in [-0.25, -0.2) is 9.69 Å². The van der Waals surface area contributed by atoms with Crippen molar-refractivity contribution < 1.29 is 14.7 Å². The molecule has 0 spiro atoms. The van der Waals surface area contributed by atoms with E-state index in [1.54, 1.807) is 0 Å². The summed E-state index contributed by atoms with van der Waals surface area (Å²) in [7, 11) is 0. The number of aliphatic hydroxyl groups is 1. The van der Waals surface area contributed by atoms with Crippen LogP contribution in [0.5, 0.6) is 0 Å². The zero-order chi connectivity index (χ0) is 9.30. The number of carbonyl (C=O) groups is 2. The van der Waals surface area contributed by atoms with Crippen molar-refractivity contribution in [3.8, 4) is 0 Å². The first kappa shape index (κ1) is 8.99. The zero-order valence-electron chi connectivity index (χ0n) is 6.86. The van der Waals surface area contributed by atoms with Gasteiger partial charge in [0.2, 0.25) is 5.91 Å². The quantitative estimate of drug-likeness (QED) is 0.566. The molecule has 0 saturated carbocycles. The maximum absolute atomic E-state index is 11.3. The third-order valence-electron chi connectivity index (χ3n) is 2.11. The molecule has 5 nitrogen and oxygen atoms in total. The number of hydrogen-bond acceptors (Lipinski definition) is 3. The van der Waals surface area contributed by atoms with E-state index in [9.17, 15) is 14.7 Å². The lowest BCUT2D eigenvalue weighted by molar-refractivity contribution is -0.131. The number of likely N-dealkylation sites (tertiary alicyclic amines) is 1. The molecule has 0 aromatic rings. The van der Waals surface area contributed by atoms with E-state index < -0.39 is 12.3 Å². The van der Waals surface area contributed by atoms with Gasteiger partial charge in [-0.1, -0.05) is 6.92 Å². The van der Waals surface area contributed by atoms with Crippen LogP contribution in [0.25, 0.3) is 0 Å². The molecule has 2 unspecified atom stereocenters. The molecule has 0 aromatic heterocycles. The third kappa shape index (κ3) is 1.27. The van der Waals surface area contributed by atoms with Gasteiger partial charge in [0.25, 0.3) is 0 Å². The summed E-state index contributed by atoms with van der Waals surface area (Å²) in [6, 6.07) is -0.872. The van der Waals surface area contributed by atoms with Crippen LogP contribution in [0.1, 0.15) is 19.8 Å². The standard InChI is InChI=1S/C7H12N2O3/c1-2-4-3-5(10)9(6(4)11)7(8)12/h4-5,10H,2-3H2,1H3,(H2,8,12). The number of rotatable bonds is 1. The number of carbonyl (C=O) groups excluding carboxylic acids is 2. The van der Waals surface area contributed by atoms with Crippen molar-refractivity contribution in [3.05, 3.63) is 0 Å². The summed E-state index contributed by atoms with van der Waals surface area (Å²) in [6.07, 6.45) is -0.0993. The van der Waals surface area contributed by atoms with Crippen molar-refractivity contribution in [1.82, 2.24) is 4.90 Å². The number of hydrogen-bond donors (Lipinski definition) is 2. The molecular weight excluding hydrogens is 160 g/mol. The lowest BCUT2D eigenvalue weighted by atomic mass is 10.1. The fourth-order valence-electron chi connectivity index (χ4n) is 1.40. The van der Waals surface area contributed by atoms with Crippen molar-refractivity contribution in [3.63, 3.8) is 0 Å². The van der Waals surface area contributed by atoms with Crippen LogP contribution in [-0.2, 0) is 4.79 Å². The summed E-state index contributed by atoms with van der Waals surface area (Å²) in [4.78, 5) is 22.6. The summed E-state index contributed by atoms with van der Waals surface area (Å²) < 4.78 is 0. The highest BCUT2D eigenvalue weighted by atomic mass is 16.3. The molecule has 68 valence electrons. The molecule has 0 radical (unpaired) electrons. The smallest absolute Gasteiger partial charge is 0.323 e. The SMILES string of the molecule is CCC1CC(O)N(C(N)=O)C1=O. The number of primary amides is 1. The average molecular weight is 172 g/mol. The van der Waals surface area contributed by atoms with E-state index in [4.69, 9.17) is 5.73 Å². The van der Waals surface area contributed by atoms with Crippen molar-refractivity contribution in [2.45, 2.75) is 26.0 Å². The highest BCUT2D eigenvalue weighted by Gasteiger charge is 2.40. The second kappa shape index (κ2) is 3.10. The van der Waals surface area contributed by atoms with Gasteiger partial charge in [-0.3, -0.25) is 4.79 Å². The molecule has 1 aliphatic heterocycles.